The van der Waals surface area contributed by atoms with E-state index in [1.165, 1.54) is 0 Å². The summed E-state index contributed by atoms with van der Waals surface area (Å²) in [5, 5.41) is 0.918. The number of nitrogens with zero attached hydrogens (tertiary/aromatic N) is 2. The molecular formula is C17H19N3O2. The average Bonchev–Trinajstić information content (AvgIpc) is 2.53. The highest BCUT2D eigenvalue weighted by atomic mass is 16.2. The molecule has 3 rings (SSSR count). The maximum atomic E-state index is 11.8. The Kier molecular flexibility index (Phi) is 3.79. The molecule has 0 atom stereocenters. The first-order valence-electron chi connectivity index (χ1n) is 7.51. The van der Waals surface area contributed by atoms with Crippen LogP contribution in [0.2, 0.25) is 0 Å². The van der Waals surface area contributed by atoms with Crippen LogP contribution in [0.15, 0.2) is 30.3 Å². The van der Waals surface area contributed by atoms with E-state index in [9.17, 15) is 9.59 Å². The van der Waals surface area contributed by atoms with Crippen LogP contribution >= 0.6 is 0 Å². The number of piperidine rings is 1. The van der Waals surface area contributed by atoms with Gasteiger partial charge in [-0.2, -0.15) is 0 Å². The van der Waals surface area contributed by atoms with Gasteiger partial charge in [0, 0.05) is 31.3 Å². The molecule has 1 saturated heterocycles. The summed E-state index contributed by atoms with van der Waals surface area (Å²) in [7, 11) is 0. The molecular weight excluding hydrogens is 278 g/mol. The zero-order valence-corrected chi connectivity index (χ0v) is 12.6. The van der Waals surface area contributed by atoms with Gasteiger partial charge < -0.3 is 10.6 Å². The normalized spacial score (nSPS) is 16.0. The quantitative estimate of drug-likeness (QED) is 0.921. The molecule has 2 aromatic rings. The van der Waals surface area contributed by atoms with Gasteiger partial charge in [0.2, 0.25) is 5.91 Å². The van der Waals surface area contributed by atoms with Gasteiger partial charge in [0.25, 0.3) is 5.91 Å². The van der Waals surface area contributed by atoms with Crippen LogP contribution < -0.4 is 5.73 Å². The highest BCUT2D eigenvalue weighted by molar-refractivity contribution is 5.97. The number of hydrogen-bond acceptors (Lipinski definition) is 3. The summed E-state index contributed by atoms with van der Waals surface area (Å²) >= 11 is 0. The van der Waals surface area contributed by atoms with Crippen molar-refractivity contribution in [3.8, 4) is 0 Å². The van der Waals surface area contributed by atoms with Crippen LogP contribution in [0.5, 0.6) is 0 Å². The third-order valence-corrected chi connectivity index (χ3v) is 4.35. The van der Waals surface area contributed by atoms with Crippen LogP contribution in [-0.4, -0.2) is 34.8 Å². The lowest BCUT2D eigenvalue weighted by atomic mass is 9.89. The zero-order chi connectivity index (χ0) is 15.7. The van der Waals surface area contributed by atoms with Crippen molar-refractivity contribution in [1.29, 1.82) is 0 Å². The largest absolute Gasteiger partial charge is 0.366 e. The maximum absolute atomic E-state index is 11.8. The molecule has 1 aromatic carbocycles. The summed E-state index contributed by atoms with van der Waals surface area (Å²) in [4.78, 5) is 29.7. The van der Waals surface area contributed by atoms with E-state index in [4.69, 9.17) is 5.73 Å². The number of primary amides is 1. The third kappa shape index (κ3) is 2.66. The monoisotopic (exact) mass is 297 g/mol. The van der Waals surface area contributed by atoms with E-state index in [-0.39, 0.29) is 11.8 Å². The molecule has 5 heteroatoms. The van der Waals surface area contributed by atoms with E-state index in [2.05, 4.69) is 4.98 Å². The predicted molar refractivity (Wildman–Crippen MR) is 84.5 cm³/mol. The Labute approximate surface area is 129 Å². The molecule has 1 aliphatic heterocycles. The molecule has 0 aliphatic carbocycles. The highest BCUT2D eigenvalue weighted by Gasteiger charge is 2.26. The van der Waals surface area contributed by atoms with Crippen molar-refractivity contribution in [2.24, 2.45) is 5.73 Å². The molecule has 0 spiro atoms. The number of para-hydroxylation sites is 1. The standard InChI is InChI=1S/C17H19N3O2/c1-11(21)20-8-6-12(7-9-20)16-14(17(18)22)10-13-4-2-3-5-15(13)19-16/h2-5,10,12H,6-9H2,1H3,(H2,18,22). The topological polar surface area (TPSA) is 76.3 Å². The van der Waals surface area contributed by atoms with E-state index in [0.717, 1.165) is 29.4 Å². The minimum absolute atomic E-state index is 0.0973. The number of rotatable bonds is 2. The summed E-state index contributed by atoms with van der Waals surface area (Å²) < 4.78 is 0. The van der Waals surface area contributed by atoms with Crippen molar-refractivity contribution in [1.82, 2.24) is 9.88 Å². The van der Waals surface area contributed by atoms with Gasteiger partial charge in [0.05, 0.1) is 16.8 Å². The summed E-state index contributed by atoms with van der Waals surface area (Å²) in [6.45, 7) is 2.99. The van der Waals surface area contributed by atoms with Crippen LogP contribution in [0.3, 0.4) is 0 Å². The summed E-state index contributed by atoms with van der Waals surface area (Å²) in [5.74, 6) is -0.176. The second-order valence-electron chi connectivity index (χ2n) is 5.76. The smallest absolute Gasteiger partial charge is 0.250 e. The first kappa shape index (κ1) is 14.5. The Morgan fingerprint density at radius 2 is 1.91 bits per heavy atom. The SMILES string of the molecule is CC(=O)N1CCC(c2nc3ccccc3cc2C(N)=O)CC1. The van der Waals surface area contributed by atoms with E-state index < -0.39 is 5.91 Å². The Balaban J connectivity index is 1.97. The lowest BCUT2D eigenvalue weighted by Gasteiger charge is -2.31. The fourth-order valence-electron chi connectivity index (χ4n) is 3.11. The second kappa shape index (κ2) is 5.75. The molecule has 114 valence electrons. The van der Waals surface area contributed by atoms with Gasteiger partial charge in [-0.15, -0.1) is 0 Å². The minimum Gasteiger partial charge on any atom is -0.366 e. The van der Waals surface area contributed by atoms with Crippen molar-refractivity contribution in [2.45, 2.75) is 25.7 Å². The predicted octanol–water partition coefficient (Wildman–Crippen LogP) is 2.06. The molecule has 22 heavy (non-hydrogen) atoms. The molecule has 1 aromatic heterocycles. The van der Waals surface area contributed by atoms with E-state index in [1.807, 2.05) is 35.2 Å². The van der Waals surface area contributed by atoms with Crippen molar-refractivity contribution in [3.05, 3.63) is 41.6 Å². The number of aromatic nitrogens is 1. The summed E-state index contributed by atoms with van der Waals surface area (Å²) in [5.41, 5.74) is 7.69. The van der Waals surface area contributed by atoms with Gasteiger partial charge in [0.1, 0.15) is 0 Å². The van der Waals surface area contributed by atoms with Crippen LogP contribution in [0.25, 0.3) is 10.9 Å². The van der Waals surface area contributed by atoms with Gasteiger partial charge >= 0.3 is 0 Å². The molecule has 0 bridgehead atoms. The Morgan fingerprint density at radius 1 is 1.23 bits per heavy atom. The number of likely N-dealkylation sites (tertiary alicyclic amines) is 1. The first-order chi connectivity index (χ1) is 10.6. The van der Waals surface area contributed by atoms with Crippen LogP contribution in [0.4, 0.5) is 0 Å². The van der Waals surface area contributed by atoms with Gasteiger partial charge in [-0.1, -0.05) is 18.2 Å². The van der Waals surface area contributed by atoms with Crippen molar-refractivity contribution < 1.29 is 9.59 Å². The first-order valence-corrected chi connectivity index (χ1v) is 7.51. The third-order valence-electron chi connectivity index (χ3n) is 4.35. The minimum atomic E-state index is -0.442. The van der Waals surface area contributed by atoms with Gasteiger partial charge in [-0.25, -0.2) is 0 Å². The Bertz CT molecular complexity index is 734. The van der Waals surface area contributed by atoms with Crippen molar-refractivity contribution >= 4 is 22.7 Å². The lowest BCUT2D eigenvalue weighted by molar-refractivity contribution is -0.129. The number of amides is 2. The number of pyridine rings is 1. The van der Waals surface area contributed by atoms with E-state index in [0.29, 0.717) is 18.7 Å². The fraction of sp³-hybridized carbons (Fsp3) is 0.353. The van der Waals surface area contributed by atoms with Gasteiger partial charge in [0.15, 0.2) is 0 Å². The molecule has 5 nitrogen and oxygen atoms in total. The lowest BCUT2D eigenvalue weighted by Crippen LogP contribution is -2.37. The highest BCUT2D eigenvalue weighted by Crippen LogP contribution is 2.30. The number of hydrogen-bond donors (Lipinski definition) is 1. The van der Waals surface area contributed by atoms with Gasteiger partial charge in [-0.3, -0.25) is 14.6 Å². The molecule has 0 radical (unpaired) electrons. The van der Waals surface area contributed by atoms with E-state index >= 15 is 0 Å². The number of carbonyl (C=O) groups is 2. The average molecular weight is 297 g/mol. The Hall–Kier alpha value is -2.43. The second-order valence-corrected chi connectivity index (χ2v) is 5.76. The number of carbonyl (C=O) groups excluding carboxylic acids is 2. The van der Waals surface area contributed by atoms with Crippen LogP contribution in [0.1, 0.15) is 41.7 Å². The molecule has 2 amide bonds. The Morgan fingerprint density at radius 3 is 2.55 bits per heavy atom. The molecule has 0 unspecified atom stereocenters. The van der Waals surface area contributed by atoms with E-state index in [1.54, 1.807) is 6.92 Å². The zero-order valence-electron chi connectivity index (χ0n) is 12.6. The molecule has 1 aliphatic rings. The van der Waals surface area contributed by atoms with Crippen molar-refractivity contribution in [3.63, 3.8) is 0 Å². The maximum Gasteiger partial charge on any atom is 0.250 e. The summed E-state index contributed by atoms with van der Waals surface area (Å²) in [6.07, 6.45) is 1.62. The van der Waals surface area contributed by atoms with Crippen LogP contribution in [0, 0.1) is 0 Å². The van der Waals surface area contributed by atoms with Crippen LogP contribution in [-0.2, 0) is 4.79 Å². The molecule has 2 heterocycles. The molecule has 2 N–H and O–H groups in total. The van der Waals surface area contributed by atoms with Crippen molar-refractivity contribution in [2.75, 3.05) is 13.1 Å². The fourth-order valence-corrected chi connectivity index (χ4v) is 3.11. The molecule has 0 saturated carbocycles. The number of fused-ring (bicyclic) bond motifs is 1. The molecule has 1 fully saturated rings. The number of benzene rings is 1. The number of nitrogens with two attached hydrogens (primary N) is 1. The van der Waals surface area contributed by atoms with Gasteiger partial charge in [-0.05, 0) is 25.0 Å². The summed E-state index contributed by atoms with van der Waals surface area (Å²) in [6, 6.07) is 9.55.